The summed E-state index contributed by atoms with van der Waals surface area (Å²) in [6.07, 6.45) is 22.7. The highest BCUT2D eigenvalue weighted by Crippen LogP contribution is 2.15. The SMILES string of the molecule is C[Si](C)(C)C#CCCCCCCCCCCCCCCCOC1CCCCO1. The van der Waals surface area contributed by atoms with Crippen molar-refractivity contribution < 1.29 is 9.47 Å². The van der Waals surface area contributed by atoms with Crippen LogP contribution < -0.4 is 0 Å². The van der Waals surface area contributed by atoms with E-state index in [1.165, 1.54) is 96.3 Å². The monoisotopic (exact) mass is 408 g/mol. The van der Waals surface area contributed by atoms with Crippen molar-refractivity contribution in [1.82, 2.24) is 0 Å². The van der Waals surface area contributed by atoms with E-state index in [4.69, 9.17) is 9.47 Å². The van der Waals surface area contributed by atoms with Crippen LogP contribution >= 0.6 is 0 Å². The molecule has 1 rings (SSSR count). The van der Waals surface area contributed by atoms with Gasteiger partial charge in [0.25, 0.3) is 0 Å². The molecule has 0 amide bonds. The largest absolute Gasteiger partial charge is 0.353 e. The zero-order valence-corrected chi connectivity index (χ0v) is 20.3. The lowest BCUT2D eigenvalue weighted by molar-refractivity contribution is -0.162. The van der Waals surface area contributed by atoms with Crippen LogP contribution in [0.3, 0.4) is 0 Å². The van der Waals surface area contributed by atoms with E-state index in [1.807, 2.05) is 0 Å². The first-order chi connectivity index (χ1) is 13.6. The third kappa shape index (κ3) is 17.8. The van der Waals surface area contributed by atoms with Crippen LogP contribution in [0.2, 0.25) is 19.6 Å². The average molecular weight is 409 g/mol. The summed E-state index contributed by atoms with van der Waals surface area (Å²) < 4.78 is 11.4. The Hall–Kier alpha value is -0.303. The molecule has 0 spiro atoms. The smallest absolute Gasteiger partial charge is 0.157 e. The molecule has 1 aliphatic heterocycles. The molecule has 1 unspecified atom stereocenters. The Balaban J connectivity index is 1.70. The van der Waals surface area contributed by atoms with Crippen molar-refractivity contribution in [2.75, 3.05) is 13.2 Å². The second-order valence-corrected chi connectivity index (χ2v) is 14.3. The van der Waals surface area contributed by atoms with Gasteiger partial charge in [0.2, 0.25) is 0 Å². The van der Waals surface area contributed by atoms with Crippen LogP contribution in [-0.4, -0.2) is 27.6 Å². The third-order valence-electron chi connectivity index (χ3n) is 5.35. The molecule has 0 saturated carbocycles. The molecule has 0 N–H and O–H groups in total. The first-order valence-electron chi connectivity index (χ1n) is 12.3. The molecule has 1 fully saturated rings. The van der Waals surface area contributed by atoms with Crippen LogP contribution in [0.1, 0.15) is 109 Å². The predicted molar refractivity (Wildman–Crippen MR) is 125 cm³/mol. The van der Waals surface area contributed by atoms with Gasteiger partial charge in [0, 0.05) is 19.6 Å². The Morgan fingerprint density at radius 2 is 1.29 bits per heavy atom. The summed E-state index contributed by atoms with van der Waals surface area (Å²) in [5, 5.41) is 0. The molecule has 1 atom stereocenters. The van der Waals surface area contributed by atoms with Gasteiger partial charge in [0.15, 0.2) is 6.29 Å². The summed E-state index contributed by atoms with van der Waals surface area (Å²) in [6, 6.07) is 0. The normalized spacial score (nSPS) is 17.3. The van der Waals surface area contributed by atoms with Crippen molar-refractivity contribution in [3.63, 3.8) is 0 Å². The molecule has 0 aromatic heterocycles. The van der Waals surface area contributed by atoms with E-state index in [-0.39, 0.29) is 6.29 Å². The highest BCUT2D eigenvalue weighted by Gasteiger charge is 2.13. The minimum absolute atomic E-state index is 0.0948. The summed E-state index contributed by atoms with van der Waals surface area (Å²) in [7, 11) is -1.14. The van der Waals surface area contributed by atoms with Crippen molar-refractivity contribution in [1.29, 1.82) is 0 Å². The Labute approximate surface area is 177 Å². The van der Waals surface area contributed by atoms with Crippen molar-refractivity contribution in [3.8, 4) is 11.5 Å². The molecule has 1 aliphatic rings. The lowest BCUT2D eigenvalue weighted by Crippen LogP contribution is -2.22. The topological polar surface area (TPSA) is 18.5 Å². The summed E-state index contributed by atoms with van der Waals surface area (Å²) in [4.78, 5) is 0. The number of ether oxygens (including phenoxy) is 2. The Kier molecular flexibility index (Phi) is 16.1. The molecule has 0 aliphatic carbocycles. The molecular formula is C25H48O2Si. The second kappa shape index (κ2) is 17.5. The minimum Gasteiger partial charge on any atom is -0.353 e. The summed E-state index contributed by atoms with van der Waals surface area (Å²) in [5.41, 5.74) is 3.46. The van der Waals surface area contributed by atoms with Crippen molar-refractivity contribution in [2.24, 2.45) is 0 Å². The van der Waals surface area contributed by atoms with Gasteiger partial charge in [0.05, 0.1) is 0 Å². The second-order valence-electron chi connectivity index (χ2n) is 9.56. The van der Waals surface area contributed by atoms with Gasteiger partial charge in [-0.25, -0.2) is 0 Å². The van der Waals surface area contributed by atoms with E-state index >= 15 is 0 Å². The molecule has 2 nitrogen and oxygen atoms in total. The van der Waals surface area contributed by atoms with Crippen LogP contribution in [0.15, 0.2) is 0 Å². The first kappa shape index (κ1) is 25.7. The molecule has 1 saturated heterocycles. The van der Waals surface area contributed by atoms with E-state index in [1.54, 1.807) is 0 Å². The van der Waals surface area contributed by atoms with Gasteiger partial charge < -0.3 is 9.47 Å². The average Bonchev–Trinajstić information content (AvgIpc) is 2.67. The number of rotatable bonds is 16. The van der Waals surface area contributed by atoms with E-state index < -0.39 is 8.07 Å². The summed E-state index contributed by atoms with van der Waals surface area (Å²) in [5.74, 6) is 3.39. The molecule has 0 radical (unpaired) electrons. The van der Waals surface area contributed by atoms with Gasteiger partial charge in [-0.05, 0) is 32.1 Å². The summed E-state index contributed by atoms with van der Waals surface area (Å²) in [6.45, 7) is 8.74. The highest BCUT2D eigenvalue weighted by atomic mass is 28.3. The van der Waals surface area contributed by atoms with Crippen molar-refractivity contribution >= 4 is 8.07 Å². The lowest BCUT2D eigenvalue weighted by atomic mass is 10.0. The van der Waals surface area contributed by atoms with E-state index in [0.717, 1.165) is 26.1 Å². The van der Waals surface area contributed by atoms with Crippen LogP contribution in [0.5, 0.6) is 0 Å². The van der Waals surface area contributed by atoms with Gasteiger partial charge in [0.1, 0.15) is 8.07 Å². The van der Waals surface area contributed by atoms with Gasteiger partial charge in [-0.2, -0.15) is 0 Å². The first-order valence-corrected chi connectivity index (χ1v) is 15.8. The predicted octanol–water partition coefficient (Wildman–Crippen LogP) is 7.87. The van der Waals surface area contributed by atoms with Crippen LogP contribution in [0.25, 0.3) is 0 Å². The van der Waals surface area contributed by atoms with Crippen molar-refractivity contribution in [3.05, 3.63) is 0 Å². The molecule has 1 heterocycles. The lowest BCUT2D eigenvalue weighted by Gasteiger charge is -2.22. The van der Waals surface area contributed by atoms with Crippen LogP contribution in [0, 0.1) is 11.5 Å². The van der Waals surface area contributed by atoms with Gasteiger partial charge >= 0.3 is 0 Å². The third-order valence-corrected chi connectivity index (χ3v) is 6.28. The molecular weight excluding hydrogens is 360 g/mol. The molecule has 0 aromatic carbocycles. The zero-order chi connectivity index (χ0) is 20.3. The van der Waals surface area contributed by atoms with E-state index in [2.05, 4.69) is 31.1 Å². The van der Waals surface area contributed by atoms with Crippen LogP contribution in [0.4, 0.5) is 0 Å². The van der Waals surface area contributed by atoms with Gasteiger partial charge in [-0.15, -0.1) is 11.5 Å². The summed E-state index contributed by atoms with van der Waals surface area (Å²) >= 11 is 0. The fourth-order valence-electron chi connectivity index (χ4n) is 3.65. The molecule has 164 valence electrons. The van der Waals surface area contributed by atoms with E-state index in [9.17, 15) is 0 Å². The minimum atomic E-state index is -1.14. The Morgan fingerprint density at radius 3 is 1.79 bits per heavy atom. The number of hydrogen-bond donors (Lipinski definition) is 0. The molecule has 0 bridgehead atoms. The van der Waals surface area contributed by atoms with Gasteiger partial charge in [-0.1, -0.05) is 90.3 Å². The quantitative estimate of drug-likeness (QED) is 0.147. The van der Waals surface area contributed by atoms with Gasteiger partial charge in [-0.3, -0.25) is 0 Å². The molecule has 28 heavy (non-hydrogen) atoms. The zero-order valence-electron chi connectivity index (χ0n) is 19.3. The van der Waals surface area contributed by atoms with Crippen molar-refractivity contribution in [2.45, 2.75) is 135 Å². The highest BCUT2D eigenvalue weighted by molar-refractivity contribution is 6.83. The maximum atomic E-state index is 5.79. The van der Waals surface area contributed by atoms with Crippen LogP contribution in [-0.2, 0) is 9.47 Å². The number of hydrogen-bond acceptors (Lipinski definition) is 2. The Bertz CT molecular complexity index is 399. The molecule has 0 aromatic rings. The maximum Gasteiger partial charge on any atom is 0.157 e. The maximum absolute atomic E-state index is 5.79. The van der Waals surface area contributed by atoms with E-state index in [0.29, 0.717) is 0 Å². The standard InChI is InChI=1S/C25H48O2Si/c1-28(2,3)24-20-16-14-12-10-8-6-4-5-7-9-11-13-15-18-22-26-25-21-17-19-23-27-25/h25H,4-19,21-23H2,1-3H3. The fraction of sp³-hybridized carbons (Fsp3) is 0.920. The fourth-order valence-corrected chi connectivity index (χ4v) is 4.30. The molecule has 3 heteroatoms. The Morgan fingerprint density at radius 1 is 0.750 bits per heavy atom. The number of unbranched alkanes of at least 4 members (excludes halogenated alkanes) is 13.